The van der Waals surface area contributed by atoms with Gasteiger partial charge in [0.1, 0.15) is 6.29 Å². The van der Waals surface area contributed by atoms with Gasteiger partial charge in [0.25, 0.3) is 0 Å². The molecule has 0 spiro atoms. The Morgan fingerprint density at radius 2 is 2.00 bits per heavy atom. The van der Waals surface area contributed by atoms with Crippen LogP contribution in [0.2, 0.25) is 0 Å². The van der Waals surface area contributed by atoms with Crippen molar-refractivity contribution >= 4 is 6.29 Å². The normalized spacial score (nSPS) is 20.3. The van der Waals surface area contributed by atoms with Gasteiger partial charge in [-0.3, -0.25) is 0 Å². The third kappa shape index (κ3) is 2.18. The number of aldehydes is 1. The fourth-order valence-electron chi connectivity index (χ4n) is 2.37. The highest BCUT2D eigenvalue weighted by Gasteiger charge is 2.20. The van der Waals surface area contributed by atoms with Gasteiger partial charge in [-0.15, -0.1) is 0 Å². The molecule has 1 aromatic carbocycles. The van der Waals surface area contributed by atoms with E-state index in [2.05, 4.69) is 39.0 Å². The summed E-state index contributed by atoms with van der Waals surface area (Å²) in [7, 11) is 0. The Balaban J connectivity index is 2.34. The van der Waals surface area contributed by atoms with E-state index in [0.717, 1.165) is 25.5 Å². The lowest BCUT2D eigenvalue weighted by atomic mass is 9.79. The second-order valence-corrected chi connectivity index (χ2v) is 5.87. The molecule has 1 aromatic rings. The number of rotatable bonds is 1. The van der Waals surface area contributed by atoms with E-state index < -0.39 is 0 Å². The first-order valence-corrected chi connectivity index (χ1v) is 6.08. The third-order valence-electron chi connectivity index (χ3n) is 3.53. The van der Waals surface area contributed by atoms with Gasteiger partial charge in [-0.1, -0.05) is 39.0 Å². The van der Waals surface area contributed by atoms with Crippen molar-refractivity contribution in [1.82, 2.24) is 0 Å². The Kier molecular flexibility index (Phi) is 2.88. The second-order valence-electron chi connectivity index (χ2n) is 5.87. The molecule has 0 fully saturated rings. The first-order chi connectivity index (χ1) is 7.50. The highest BCUT2D eigenvalue weighted by atomic mass is 16.1. The lowest BCUT2D eigenvalue weighted by Gasteiger charge is -2.25. The minimum Gasteiger partial charge on any atom is -0.303 e. The van der Waals surface area contributed by atoms with Gasteiger partial charge in [-0.2, -0.15) is 0 Å². The summed E-state index contributed by atoms with van der Waals surface area (Å²) < 4.78 is 0. The number of aryl methyl sites for hydroxylation is 1. The lowest BCUT2D eigenvalue weighted by molar-refractivity contribution is -0.111. The Morgan fingerprint density at radius 3 is 2.62 bits per heavy atom. The van der Waals surface area contributed by atoms with Crippen molar-refractivity contribution in [2.45, 2.75) is 45.4 Å². The van der Waals surface area contributed by atoms with Crippen LogP contribution in [0.15, 0.2) is 18.2 Å². The molecule has 2 rings (SSSR count). The molecule has 0 N–H and O–H groups in total. The minimum atomic E-state index is 0.198. The molecule has 0 unspecified atom stereocenters. The van der Waals surface area contributed by atoms with Gasteiger partial charge in [0.2, 0.25) is 0 Å². The van der Waals surface area contributed by atoms with E-state index in [9.17, 15) is 4.79 Å². The van der Waals surface area contributed by atoms with Crippen LogP contribution in [0.1, 0.15) is 43.9 Å². The minimum absolute atomic E-state index is 0.198. The van der Waals surface area contributed by atoms with Crippen LogP contribution in [0.4, 0.5) is 0 Å². The fourth-order valence-corrected chi connectivity index (χ4v) is 2.37. The summed E-state index contributed by atoms with van der Waals surface area (Å²) in [5, 5.41) is 0. The maximum Gasteiger partial charge on any atom is 0.123 e. The van der Waals surface area contributed by atoms with Crippen LogP contribution in [0.3, 0.4) is 0 Å². The van der Waals surface area contributed by atoms with Gasteiger partial charge in [-0.25, -0.2) is 0 Å². The standard InChI is InChI=1S/C15H20O/c1-15(2,3)14-7-6-12-5-4-11(10-16)8-13(12)9-14/h6-7,9-11H,4-5,8H2,1-3H3/t11-/m1/s1. The summed E-state index contributed by atoms with van der Waals surface area (Å²) in [5.74, 6) is 0.239. The first-order valence-electron chi connectivity index (χ1n) is 6.08. The summed E-state index contributed by atoms with van der Waals surface area (Å²) in [6.07, 6.45) is 4.13. The molecule has 86 valence electrons. The Morgan fingerprint density at radius 1 is 1.25 bits per heavy atom. The molecule has 0 saturated carbocycles. The molecule has 1 aliphatic carbocycles. The van der Waals surface area contributed by atoms with Crippen molar-refractivity contribution in [2.75, 3.05) is 0 Å². The topological polar surface area (TPSA) is 17.1 Å². The molecule has 0 aliphatic heterocycles. The quantitative estimate of drug-likeness (QED) is 0.658. The fraction of sp³-hybridized carbons (Fsp3) is 0.533. The maximum atomic E-state index is 10.9. The number of fused-ring (bicyclic) bond motifs is 1. The van der Waals surface area contributed by atoms with Crippen molar-refractivity contribution < 1.29 is 4.79 Å². The Labute approximate surface area is 97.9 Å². The molecule has 0 bridgehead atoms. The molecule has 0 radical (unpaired) electrons. The molecular formula is C15H20O. The number of benzene rings is 1. The molecule has 16 heavy (non-hydrogen) atoms. The zero-order valence-corrected chi connectivity index (χ0v) is 10.4. The summed E-state index contributed by atoms with van der Waals surface area (Å²) in [6.45, 7) is 6.69. The van der Waals surface area contributed by atoms with E-state index >= 15 is 0 Å². The van der Waals surface area contributed by atoms with Crippen LogP contribution in [0, 0.1) is 5.92 Å². The van der Waals surface area contributed by atoms with Gasteiger partial charge < -0.3 is 4.79 Å². The molecule has 0 amide bonds. The van der Waals surface area contributed by atoms with Crippen molar-refractivity contribution in [3.05, 3.63) is 34.9 Å². The predicted octanol–water partition coefficient (Wildman–Crippen LogP) is 3.29. The van der Waals surface area contributed by atoms with E-state index in [4.69, 9.17) is 0 Å². The maximum absolute atomic E-state index is 10.9. The average Bonchev–Trinajstić information content (AvgIpc) is 2.26. The molecule has 1 heteroatoms. The second kappa shape index (κ2) is 4.04. The van der Waals surface area contributed by atoms with E-state index in [1.165, 1.54) is 16.7 Å². The van der Waals surface area contributed by atoms with Crippen LogP contribution < -0.4 is 0 Å². The molecule has 1 nitrogen and oxygen atoms in total. The largest absolute Gasteiger partial charge is 0.303 e. The van der Waals surface area contributed by atoms with E-state index in [1.54, 1.807) is 0 Å². The predicted molar refractivity (Wildman–Crippen MR) is 66.7 cm³/mol. The van der Waals surface area contributed by atoms with E-state index in [1.807, 2.05) is 0 Å². The van der Waals surface area contributed by atoms with Gasteiger partial charge in [-0.05, 0) is 41.4 Å². The number of hydrogen-bond donors (Lipinski definition) is 0. The molecular weight excluding hydrogens is 196 g/mol. The van der Waals surface area contributed by atoms with Crippen LogP contribution in [0.5, 0.6) is 0 Å². The van der Waals surface area contributed by atoms with Crippen LogP contribution in [-0.4, -0.2) is 6.29 Å². The van der Waals surface area contributed by atoms with Crippen molar-refractivity contribution in [2.24, 2.45) is 5.92 Å². The average molecular weight is 216 g/mol. The van der Waals surface area contributed by atoms with E-state index in [0.29, 0.717) is 0 Å². The van der Waals surface area contributed by atoms with Crippen LogP contribution in [-0.2, 0) is 23.1 Å². The monoisotopic (exact) mass is 216 g/mol. The smallest absolute Gasteiger partial charge is 0.123 e. The van der Waals surface area contributed by atoms with E-state index in [-0.39, 0.29) is 11.3 Å². The third-order valence-corrected chi connectivity index (χ3v) is 3.53. The Hall–Kier alpha value is -1.11. The molecule has 1 atom stereocenters. The van der Waals surface area contributed by atoms with Crippen LogP contribution >= 0.6 is 0 Å². The number of carbonyl (C=O) groups is 1. The summed E-state index contributed by atoms with van der Waals surface area (Å²) in [6, 6.07) is 6.78. The molecule has 0 saturated heterocycles. The zero-order chi connectivity index (χ0) is 11.8. The van der Waals surface area contributed by atoms with Gasteiger partial charge in [0, 0.05) is 5.92 Å². The lowest BCUT2D eigenvalue weighted by Crippen LogP contribution is -2.18. The SMILES string of the molecule is CC(C)(C)c1ccc2c(c1)C[C@H](C=O)CC2. The highest BCUT2D eigenvalue weighted by molar-refractivity contribution is 5.56. The van der Waals surface area contributed by atoms with Crippen molar-refractivity contribution in [1.29, 1.82) is 0 Å². The highest BCUT2D eigenvalue weighted by Crippen LogP contribution is 2.29. The summed E-state index contributed by atoms with van der Waals surface area (Å²) in [5.41, 5.74) is 4.39. The molecule has 1 aliphatic rings. The van der Waals surface area contributed by atoms with Gasteiger partial charge in [0.15, 0.2) is 0 Å². The van der Waals surface area contributed by atoms with Crippen molar-refractivity contribution in [3.63, 3.8) is 0 Å². The van der Waals surface area contributed by atoms with Gasteiger partial charge >= 0.3 is 0 Å². The number of carbonyl (C=O) groups excluding carboxylic acids is 1. The zero-order valence-electron chi connectivity index (χ0n) is 10.4. The molecule has 0 heterocycles. The summed E-state index contributed by atoms with van der Waals surface area (Å²) in [4.78, 5) is 10.9. The van der Waals surface area contributed by atoms with Gasteiger partial charge in [0.05, 0.1) is 0 Å². The molecule has 0 aromatic heterocycles. The first kappa shape index (κ1) is 11.4. The van der Waals surface area contributed by atoms with Crippen molar-refractivity contribution in [3.8, 4) is 0 Å². The number of hydrogen-bond acceptors (Lipinski definition) is 1. The van der Waals surface area contributed by atoms with Crippen LogP contribution in [0.25, 0.3) is 0 Å². The Bertz CT molecular complexity index is 398. The summed E-state index contributed by atoms with van der Waals surface area (Å²) >= 11 is 0.